The topological polar surface area (TPSA) is 43.7 Å². The van der Waals surface area contributed by atoms with Crippen LogP contribution < -0.4 is 5.46 Å². The summed E-state index contributed by atoms with van der Waals surface area (Å²) in [6.07, 6.45) is 2.38. The fraction of sp³-hybridized carbons (Fsp3) is 0.538. The van der Waals surface area contributed by atoms with Crippen molar-refractivity contribution in [3.8, 4) is 0 Å². The molecule has 18 heavy (non-hydrogen) atoms. The Morgan fingerprint density at radius 1 is 1.39 bits per heavy atom. The first kappa shape index (κ1) is 13.5. The van der Waals surface area contributed by atoms with Crippen LogP contribution in [-0.2, 0) is 6.54 Å². The standard InChI is InChI=1S/C13H19BFNO2/c1-2-10-3-4-16(8-10)9-11-5-12(14(17)18)7-13(15)6-11/h5-7,10,17-18H,2-4,8-9H2,1H3. The third-order valence-electron chi connectivity index (χ3n) is 3.63. The molecule has 1 heterocycles. The van der Waals surface area contributed by atoms with E-state index >= 15 is 0 Å². The zero-order valence-corrected chi connectivity index (χ0v) is 10.6. The van der Waals surface area contributed by atoms with Gasteiger partial charge in [0.25, 0.3) is 0 Å². The number of rotatable bonds is 4. The molecule has 3 nitrogen and oxygen atoms in total. The molecule has 0 spiro atoms. The SMILES string of the molecule is CCC1CCN(Cc2cc(F)cc(B(O)O)c2)C1. The molecule has 2 rings (SSSR count). The van der Waals surface area contributed by atoms with Crippen LogP contribution in [-0.4, -0.2) is 35.2 Å². The van der Waals surface area contributed by atoms with E-state index in [4.69, 9.17) is 10.0 Å². The van der Waals surface area contributed by atoms with Gasteiger partial charge in [0.05, 0.1) is 0 Å². The minimum atomic E-state index is -1.61. The fourth-order valence-electron chi connectivity index (χ4n) is 2.56. The van der Waals surface area contributed by atoms with E-state index < -0.39 is 12.9 Å². The number of hydrogen-bond donors (Lipinski definition) is 2. The van der Waals surface area contributed by atoms with Gasteiger partial charge in [-0.25, -0.2) is 4.39 Å². The van der Waals surface area contributed by atoms with E-state index in [2.05, 4.69) is 11.8 Å². The summed E-state index contributed by atoms with van der Waals surface area (Å²) in [5, 5.41) is 18.2. The Hall–Kier alpha value is -0.905. The van der Waals surface area contributed by atoms with Gasteiger partial charge in [0.15, 0.2) is 0 Å². The lowest BCUT2D eigenvalue weighted by atomic mass is 9.79. The van der Waals surface area contributed by atoms with Crippen LogP contribution in [0.2, 0.25) is 0 Å². The number of halogens is 1. The predicted molar refractivity (Wildman–Crippen MR) is 69.9 cm³/mol. The lowest BCUT2D eigenvalue weighted by molar-refractivity contribution is 0.314. The molecule has 0 aromatic heterocycles. The van der Waals surface area contributed by atoms with Gasteiger partial charge >= 0.3 is 7.12 Å². The molecule has 0 bridgehead atoms. The Morgan fingerprint density at radius 2 is 2.17 bits per heavy atom. The molecule has 0 amide bonds. The largest absolute Gasteiger partial charge is 0.488 e. The minimum absolute atomic E-state index is 0.219. The molecule has 1 fully saturated rings. The van der Waals surface area contributed by atoms with Crippen molar-refractivity contribution in [2.45, 2.75) is 26.3 Å². The van der Waals surface area contributed by atoms with Gasteiger partial charge in [0, 0.05) is 13.1 Å². The smallest absolute Gasteiger partial charge is 0.423 e. The van der Waals surface area contributed by atoms with Crippen LogP contribution in [0.15, 0.2) is 18.2 Å². The van der Waals surface area contributed by atoms with Crippen LogP contribution in [0.25, 0.3) is 0 Å². The van der Waals surface area contributed by atoms with Gasteiger partial charge in [-0.15, -0.1) is 0 Å². The van der Waals surface area contributed by atoms with Crippen LogP contribution in [0.1, 0.15) is 25.3 Å². The third-order valence-corrected chi connectivity index (χ3v) is 3.63. The minimum Gasteiger partial charge on any atom is -0.423 e. The summed E-state index contributed by atoms with van der Waals surface area (Å²) >= 11 is 0. The quantitative estimate of drug-likeness (QED) is 0.775. The zero-order chi connectivity index (χ0) is 13.1. The summed E-state index contributed by atoms with van der Waals surface area (Å²) in [7, 11) is -1.61. The highest BCUT2D eigenvalue weighted by atomic mass is 19.1. The van der Waals surface area contributed by atoms with E-state index in [9.17, 15) is 4.39 Å². The Labute approximate surface area is 107 Å². The molecule has 0 aliphatic carbocycles. The van der Waals surface area contributed by atoms with Crippen molar-refractivity contribution >= 4 is 12.6 Å². The van der Waals surface area contributed by atoms with Crippen LogP contribution in [0.4, 0.5) is 4.39 Å². The van der Waals surface area contributed by atoms with Crippen molar-refractivity contribution < 1.29 is 14.4 Å². The van der Waals surface area contributed by atoms with Gasteiger partial charge in [-0.1, -0.05) is 19.4 Å². The zero-order valence-electron chi connectivity index (χ0n) is 10.6. The van der Waals surface area contributed by atoms with Gasteiger partial charge < -0.3 is 10.0 Å². The van der Waals surface area contributed by atoms with E-state index in [1.807, 2.05) is 0 Å². The second-order valence-electron chi connectivity index (χ2n) is 5.06. The lowest BCUT2D eigenvalue weighted by Gasteiger charge is -2.16. The molecule has 1 aliphatic heterocycles. The fourth-order valence-corrected chi connectivity index (χ4v) is 2.56. The highest BCUT2D eigenvalue weighted by Crippen LogP contribution is 2.20. The molecule has 1 atom stereocenters. The molecule has 1 aliphatic rings. The van der Waals surface area contributed by atoms with Crippen molar-refractivity contribution in [3.63, 3.8) is 0 Å². The maximum absolute atomic E-state index is 13.4. The molecule has 1 unspecified atom stereocenters. The van der Waals surface area contributed by atoms with E-state index in [-0.39, 0.29) is 5.46 Å². The molecule has 2 N–H and O–H groups in total. The second kappa shape index (κ2) is 5.82. The van der Waals surface area contributed by atoms with Crippen molar-refractivity contribution in [1.29, 1.82) is 0 Å². The molecule has 1 saturated heterocycles. The van der Waals surface area contributed by atoms with Crippen LogP contribution in [0, 0.1) is 11.7 Å². The Kier molecular flexibility index (Phi) is 4.38. The van der Waals surface area contributed by atoms with E-state index in [0.717, 1.165) is 30.6 Å². The number of likely N-dealkylation sites (tertiary alicyclic amines) is 1. The summed E-state index contributed by atoms with van der Waals surface area (Å²) < 4.78 is 13.4. The molecular weight excluding hydrogens is 232 g/mol. The predicted octanol–water partition coefficient (Wildman–Crippen LogP) is 0.737. The van der Waals surface area contributed by atoms with Crippen molar-refractivity contribution in [2.75, 3.05) is 13.1 Å². The van der Waals surface area contributed by atoms with Gasteiger partial charge in [-0.05, 0) is 42.0 Å². The average molecular weight is 251 g/mol. The Morgan fingerprint density at radius 3 is 2.78 bits per heavy atom. The van der Waals surface area contributed by atoms with Crippen LogP contribution in [0.3, 0.4) is 0 Å². The molecule has 0 saturated carbocycles. The first-order valence-corrected chi connectivity index (χ1v) is 6.46. The second-order valence-corrected chi connectivity index (χ2v) is 5.06. The van der Waals surface area contributed by atoms with E-state index in [1.165, 1.54) is 18.9 Å². The van der Waals surface area contributed by atoms with E-state index in [0.29, 0.717) is 6.54 Å². The van der Waals surface area contributed by atoms with E-state index in [1.54, 1.807) is 6.07 Å². The molecular formula is C13H19BFNO2. The van der Waals surface area contributed by atoms with Crippen LogP contribution in [0.5, 0.6) is 0 Å². The third kappa shape index (κ3) is 3.31. The summed E-state index contributed by atoms with van der Waals surface area (Å²) in [5.74, 6) is 0.323. The Bertz CT molecular complexity index is 414. The van der Waals surface area contributed by atoms with Gasteiger partial charge in [-0.2, -0.15) is 0 Å². The van der Waals surface area contributed by atoms with Gasteiger partial charge in [0.1, 0.15) is 5.82 Å². The summed E-state index contributed by atoms with van der Waals surface area (Å²) in [4.78, 5) is 2.29. The number of nitrogens with zero attached hydrogens (tertiary/aromatic N) is 1. The molecule has 1 aromatic rings. The first-order chi connectivity index (χ1) is 8.58. The highest BCUT2D eigenvalue weighted by Gasteiger charge is 2.21. The van der Waals surface area contributed by atoms with Crippen LogP contribution >= 0.6 is 0 Å². The van der Waals surface area contributed by atoms with Crippen molar-refractivity contribution in [1.82, 2.24) is 4.90 Å². The first-order valence-electron chi connectivity index (χ1n) is 6.46. The molecule has 1 aromatic carbocycles. The van der Waals surface area contributed by atoms with Crippen molar-refractivity contribution in [3.05, 3.63) is 29.6 Å². The summed E-state index contributed by atoms with van der Waals surface area (Å²) in [6.45, 7) is 4.95. The van der Waals surface area contributed by atoms with Gasteiger partial charge in [-0.3, -0.25) is 4.90 Å². The Balaban J connectivity index is 2.05. The van der Waals surface area contributed by atoms with Crippen molar-refractivity contribution in [2.24, 2.45) is 5.92 Å². The number of hydrogen-bond acceptors (Lipinski definition) is 3. The number of benzene rings is 1. The molecule has 5 heteroatoms. The maximum Gasteiger partial charge on any atom is 0.488 e. The maximum atomic E-state index is 13.4. The molecule has 98 valence electrons. The van der Waals surface area contributed by atoms with Gasteiger partial charge in [0.2, 0.25) is 0 Å². The summed E-state index contributed by atoms with van der Waals surface area (Å²) in [6, 6.07) is 4.28. The monoisotopic (exact) mass is 251 g/mol. The lowest BCUT2D eigenvalue weighted by Crippen LogP contribution is -2.31. The molecule has 0 radical (unpaired) electrons. The normalized spacial score (nSPS) is 20.3. The average Bonchev–Trinajstić information content (AvgIpc) is 2.76. The highest BCUT2D eigenvalue weighted by molar-refractivity contribution is 6.58. The summed E-state index contributed by atoms with van der Waals surface area (Å²) in [5.41, 5.74) is 1.02.